The molecule has 2 aromatic rings. The van der Waals surface area contributed by atoms with Gasteiger partial charge in [-0.05, 0) is 18.1 Å². The number of alkyl halides is 3. The number of rotatable bonds is 4. The molecule has 1 aromatic carbocycles. The zero-order chi connectivity index (χ0) is 15.0. The lowest BCUT2D eigenvalue weighted by atomic mass is 10.1. The van der Waals surface area contributed by atoms with Crippen LogP contribution in [0.5, 0.6) is 0 Å². The summed E-state index contributed by atoms with van der Waals surface area (Å²) in [7, 11) is -4.94. The van der Waals surface area contributed by atoms with Crippen molar-refractivity contribution in [3.8, 4) is 0 Å². The smallest absolute Gasteiger partial charge is 0.361 e. The molecule has 1 heterocycles. The maximum atomic E-state index is 12.8. The summed E-state index contributed by atoms with van der Waals surface area (Å²) in [5, 5.41) is 0.568. The van der Waals surface area contributed by atoms with Gasteiger partial charge in [0.25, 0.3) is 0 Å². The second kappa shape index (κ2) is 5.08. The van der Waals surface area contributed by atoms with E-state index in [1.165, 1.54) is 10.9 Å². The highest BCUT2D eigenvalue weighted by Gasteiger charge is 2.42. The number of hydrogen-bond donors (Lipinski definition) is 3. The lowest BCUT2D eigenvalue weighted by molar-refractivity contribution is -0.151. The molecule has 0 aliphatic carbocycles. The summed E-state index contributed by atoms with van der Waals surface area (Å²) in [5.74, 6) is 0. The standard InChI is InChI=1S/C11H11F3N2O3S/c12-11(13,14)10(16-20(17,18)19)5-7-6-15-9-4-2-1-3-8(7)9/h1-4,6,10,15-16H,5H2,(H,17,18,19). The number of nitrogens with one attached hydrogen (secondary N) is 2. The fourth-order valence-electron chi connectivity index (χ4n) is 1.92. The van der Waals surface area contributed by atoms with Crippen molar-refractivity contribution >= 4 is 21.2 Å². The van der Waals surface area contributed by atoms with Gasteiger partial charge in [0.15, 0.2) is 0 Å². The molecule has 0 radical (unpaired) electrons. The first kappa shape index (κ1) is 14.8. The van der Waals surface area contributed by atoms with Crippen molar-refractivity contribution in [3.05, 3.63) is 36.0 Å². The van der Waals surface area contributed by atoms with E-state index in [1.807, 2.05) is 0 Å². The fraction of sp³-hybridized carbons (Fsp3) is 0.273. The van der Waals surface area contributed by atoms with Crippen molar-refractivity contribution < 1.29 is 26.1 Å². The van der Waals surface area contributed by atoms with Gasteiger partial charge in [0, 0.05) is 17.1 Å². The molecule has 0 aliphatic heterocycles. The Kier molecular flexibility index (Phi) is 3.76. The van der Waals surface area contributed by atoms with E-state index in [0.29, 0.717) is 16.5 Å². The van der Waals surface area contributed by atoms with E-state index >= 15 is 0 Å². The topological polar surface area (TPSA) is 82.2 Å². The first-order valence-electron chi connectivity index (χ1n) is 5.53. The Morgan fingerprint density at radius 1 is 1.30 bits per heavy atom. The molecule has 1 atom stereocenters. The van der Waals surface area contributed by atoms with Crippen LogP contribution in [0.25, 0.3) is 10.9 Å². The van der Waals surface area contributed by atoms with E-state index in [1.54, 1.807) is 24.3 Å². The second-order valence-corrected chi connectivity index (χ2v) is 5.44. The minimum Gasteiger partial charge on any atom is -0.361 e. The minimum atomic E-state index is -4.94. The fourth-order valence-corrected chi connectivity index (χ4v) is 2.50. The third-order valence-corrected chi connectivity index (χ3v) is 3.37. The number of hydrogen-bond acceptors (Lipinski definition) is 2. The lowest BCUT2D eigenvalue weighted by Crippen LogP contribution is -2.46. The molecule has 0 fully saturated rings. The maximum absolute atomic E-state index is 12.8. The number of aromatic amines is 1. The van der Waals surface area contributed by atoms with E-state index in [-0.39, 0.29) is 0 Å². The molecule has 3 N–H and O–H groups in total. The summed E-state index contributed by atoms with van der Waals surface area (Å²) in [6.07, 6.45) is -4.05. The molecule has 20 heavy (non-hydrogen) atoms. The molecule has 1 aromatic heterocycles. The van der Waals surface area contributed by atoms with Gasteiger partial charge in [0.1, 0.15) is 6.04 Å². The Balaban J connectivity index is 2.32. The molecular weight excluding hydrogens is 297 g/mol. The van der Waals surface area contributed by atoms with Crippen LogP contribution in [0.1, 0.15) is 5.56 Å². The van der Waals surface area contributed by atoms with Gasteiger partial charge in [-0.1, -0.05) is 18.2 Å². The second-order valence-electron chi connectivity index (χ2n) is 4.25. The number of para-hydroxylation sites is 1. The van der Waals surface area contributed by atoms with E-state index in [4.69, 9.17) is 4.55 Å². The molecule has 0 saturated heterocycles. The molecular formula is C11H11F3N2O3S. The highest BCUT2D eigenvalue weighted by molar-refractivity contribution is 7.83. The zero-order valence-corrected chi connectivity index (χ0v) is 10.8. The number of fused-ring (bicyclic) bond motifs is 1. The first-order chi connectivity index (χ1) is 9.17. The highest BCUT2D eigenvalue weighted by Crippen LogP contribution is 2.26. The Hall–Kier alpha value is -1.58. The number of aromatic nitrogens is 1. The van der Waals surface area contributed by atoms with Gasteiger partial charge < -0.3 is 4.98 Å². The van der Waals surface area contributed by atoms with Crippen LogP contribution in [0.4, 0.5) is 13.2 Å². The van der Waals surface area contributed by atoms with Gasteiger partial charge in [-0.2, -0.15) is 26.3 Å². The molecule has 0 aliphatic rings. The van der Waals surface area contributed by atoms with E-state index in [0.717, 1.165) is 0 Å². The van der Waals surface area contributed by atoms with Crippen molar-refractivity contribution in [2.24, 2.45) is 0 Å². The van der Waals surface area contributed by atoms with Crippen LogP contribution in [-0.4, -0.2) is 30.2 Å². The summed E-state index contributed by atoms with van der Waals surface area (Å²) in [6, 6.07) is 4.31. The molecule has 0 spiro atoms. The van der Waals surface area contributed by atoms with Crippen molar-refractivity contribution in [1.29, 1.82) is 0 Å². The molecule has 0 bridgehead atoms. The lowest BCUT2D eigenvalue weighted by Gasteiger charge is -2.19. The van der Waals surface area contributed by atoms with E-state index in [2.05, 4.69) is 4.98 Å². The van der Waals surface area contributed by atoms with Gasteiger partial charge in [0.2, 0.25) is 0 Å². The van der Waals surface area contributed by atoms with Crippen molar-refractivity contribution in [3.63, 3.8) is 0 Å². The zero-order valence-electron chi connectivity index (χ0n) is 9.98. The summed E-state index contributed by atoms with van der Waals surface area (Å²) >= 11 is 0. The molecule has 2 rings (SSSR count). The quantitative estimate of drug-likeness (QED) is 0.756. The summed E-state index contributed by atoms with van der Waals surface area (Å²) in [6.45, 7) is 0. The normalized spacial score (nSPS) is 14.6. The van der Waals surface area contributed by atoms with Crippen molar-refractivity contribution in [2.45, 2.75) is 18.6 Å². The third-order valence-electron chi connectivity index (χ3n) is 2.79. The molecule has 0 amide bonds. The number of benzene rings is 1. The van der Waals surface area contributed by atoms with E-state index < -0.39 is 28.9 Å². The molecule has 9 heteroatoms. The van der Waals surface area contributed by atoms with Crippen molar-refractivity contribution in [2.75, 3.05) is 0 Å². The van der Waals surface area contributed by atoms with Crippen LogP contribution < -0.4 is 4.72 Å². The maximum Gasteiger partial charge on any atom is 0.405 e. The Morgan fingerprint density at radius 3 is 2.55 bits per heavy atom. The average Bonchev–Trinajstić information content (AvgIpc) is 2.69. The number of H-pyrrole nitrogens is 1. The first-order valence-corrected chi connectivity index (χ1v) is 6.97. The monoisotopic (exact) mass is 308 g/mol. The largest absolute Gasteiger partial charge is 0.405 e. The minimum absolute atomic E-state index is 0.305. The summed E-state index contributed by atoms with van der Waals surface area (Å²) in [5.41, 5.74) is 0.953. The Bertz CT molecular complexity index is 709. The molecule has 0 saturated carbocycles. The Morgan fingerprint density at radius 2 is 1.95 bits per heavy atom. The third kappa shape index (κ3) is 3.50. The molecule has 5 nitrogen and oxygen atoms in total. The molecule has 1 unspecified atom stereocenters. The highest BCUT2D eigenvalue weighted by atomic mass is 32.2. The van der Waals surface area contributed by atoms with Gasteiger partial charge in [-0.3, -0.25) is 4.55 Å². The van der Waals surface area contributed by atoms with E-state index in [9.17, 15) is 21.6 Å². The van der Waals surface area contributed by atoms with Crippen molar-refractivity contribution in [1.82, 2.24) is 9.71 Å². The van der Waals surface area contributed by atoms with Crippen LogP contribution in [0.3, 0.4) is 0 Å². The van der Waals surface area contributed by atoms with Gasteiger partial charge in [0.05, 0.1) is 0 Å². The average molecular weight is 308 g/mol. The van der Waals surface area contributed by atoms with Crippen LogP contribution in [0, 0.1) is 0 Å². The summed E-state index contributed by atoms with van der Waals surface area (Å²) in [4.78, 5) is 2.80. The Labute approximate surface area is 112 Å². The van der Waals surface area contributed by atoms with Crippen LogP contribution in [0.2, 0.25) is 0 Å². The number of halogens is 3. The summed E-state index contributed by atoms with van der Waals surface area (Å²) < 4.78 is 69.4. The molecule has 110 valence electrons. The predicted octanol–water partition coefficient (Wildman–Crippen LogP) is 2.03. The van der Waals surface area contributed by atoms with Gasteiger partial charge in [-0.25, -0.2) is 0 Å². The van der Waals surface area contributed by atoms with Crippen LogP contribution in [0.15, 0.2) is 30.5 Å². The van der Waals surface area contributed by atoms with Crippen LogP contribution in [-0.2, 0) is 16.7 Å². The van der Waals surface area contributed by atoms with Crippen LogP contribution >= 0.6 is 0 Å². The van der Waals surface area contributed by atoms with Gasteiger partial charge >= 0.3 is 16.5 Å². The van der Waals surface area contributed by atoms with Gasteiger partial charge in [-0.15, -0.1) is 0 Å². The SMILES string of the molecule is O=S(=O)(O)NC(Cc1c[nH]c2ccccc12)C(F)(F)F. The predicted molar refractivity (Wildman–Crippen MR) is 66.5 cm³/mol.